The summed E-state index contributed by atoms with van der Waals surface area (Å²) in [5.74, 6) is 1.59. The van der Waals surface area contributed by atoms with Crippen molar-refractivity contribution >= 4 is 46.0 Å². The predicted octanol–water partition coefficient (Wildman–Crippen LogP) is 5.74. The van der Waals surface area contributed by atoms with E-state index in [1.165, 1.54) is 4.88 Å². The number of carbonyl (C=O) groups excluding carboxylic acids is 1. The van der Waals surface area contributed by atoms with E-state index in [1.807, 2.05) is 37.4 Å². The number of aromatic nitrogens is 3. The van der Waals surface area contributed by atoms with Crippen LogP contribution in [-0.4, -0.2) is 21.0 Å². The Morgan fingerprint density at radius 3 is 2.77 bits per heavy atom. The van der Waals surface area contributed by atoms with E-state index in [0.29, 0.717) is 30.3 Å². The number of rotatable bonds is 8. The van der Waals surface area contributed by atoms with Crippen LogP contribution >= 0.6 is 34.4 Å². The minimum absolute atomic E-state index is 0.0713. The molecular weight excluding hydrogens is 436 g/mol. The molecule has 0 aliphatic heterocycles. The van der Waals surface area contributed by atoms with Crippen molar-refractivity contribution in [1.82, 2.24) is 15.1 Å². The van der Waals surface area contributed by atoms with Crippen LogP contribution in [0.2, 0.25) is 0 Å². The molecule has 1 amide bonds. The minimum atomic E-state index is -0.0713. The van der Waals surface area contributed by atoms with Crippen LogP contribution in [0.4, 0.5) is 5.69 Å². The lowest BCUT2D eigenvalue weighted by atomic mass is 10.1. The molecule has 30 heavy (non-hydrogen) atoms. The fourth-order valence-electron chi connectivity index (χ4n) is 2.93. The van der Waals surface area contributed by atoms with Gasteiger partial charge in [0.05, 0.1) is 16.3 Å². The first-order chi connectivity index (χ1) is 14.5. The van der Waals surface area contributed by atoms with Crippen molar-refractivity contribution in [3.63, 3.8) is 0 Å². The van der Waals surface area contributed by atoms with Gasteiger partial charge in [-0.2, -0.15) is 4.98 Å². The van der Waals surface area contributed by atoms with Gasteiger partial charge in [0.2, 0.25) is 11.8 Å². The van der Waals surface area contributed by atoms with Crippen LogP contribution in [0.3, 0.4) is 0 Å². The molecule has 3 heterocycles. The third kappa shape index (κ3) is 5.56. The third-order valence-electron chi connectivity index (χ3n) is 4.16. The van der Waals surface area contributed by atoms with Gasteiger partial charge in [-0.25, -0.2) is 4.98 Å². The zero-order valence-corrected chi connectivity index (χ0v) is 19.0. The molecule has 4 rings (SSSR count). The summed E-state index contributed by atoms with van der Waals surface area (Å²) in [6, 6.07) is 10.1. The second kappa shape index (κ2) is 9.55. The summed E-state index contributed by atoms with van der Waals surface area (Å²) in [7, 11) is 0. The van der Waals surface area contributed by atoms with Gasteiger partial charge in [0, 0.05) is 23.9 Å². The zero-order chi connectivity index (χ0) is 20.9. The molecular formula is C21H20N4O2S3. The smallest absolute Gasteiger partial charge is 0.227 e. The Bertz CT molecular complexity index is 1110. The van der Waals surface area contributed by atoms with E-state index in [9.17, 15) is 4.79 Å². The number of carbonyl (C=O) groups is 1. The Kier molecular flexibility index (Phi) is 6.61. The highest BCUT2D eigenvalue weighted by Gasteiger charge is 2.12. The number of thioether (sulfide) groups is 1. The fourth-order valence-corrected chi connectivity index (χ4v) is 5.36. The highest BCUT2D eigenvalue weighted by Crippen LogP contribution is 2.31. The molecule has 0 bridgehead atoms. The second-order valence-corrected chi connectivity index (χ2v) is 9.82. The van der Waals surface area contributed by atoms with E-state index in [-0.39, 0.29) is 5.91 Å². The highest BCUT2D eigenvalue weighted by atomic mass is 32.2. The number of nitrogens with one attached hydrogen (secondary N) is 1. The largest absolute Gasteiger partial charge is 0.339 e. The molecule has 0 saturated carbocycles. The topological polar surface area (TPSA) is 80.9 Å². The number of aryl methyl sites for hydroxylation is 3. The van der Waals surface area contributed by atoms with Crippen molar-refractivity contribution in [3.8, 4) is 10.6 Å². The van der Waals surface area contributed by atoms with Gasteiger partial charge >= 0.3 is 0 Å². The first-order valence-corrected chi connectivity index (χ1v) is 12.1. The summed E-state index contributed by atoms with van der Waals surface area (Å²) >= 11 is 4.87. The van der Waals surface area contributed by atoms with E-state index >= 15 is 0 Å². The molecule has 9 heteroatoms. The maximum Gasteiger partial charge on any atom is 0.227 e. The van der Waals surface area contributed by atoms with Gasteiger partial charge in [-0.1, -0.05) is 29.1 Å². The minimum Gasteiger partial charge on any atom is -0.339 e. The van der Waals surface area contributed by atoms with Crippen molar-refractivity contribution in [2.75, 3.05) is 5.32 Å². The monoisotopic (exact) mass is 456 g/mol. The van der Waals surface area contributed by atoms with Gasteiger partial charge in [0.1, 0.15) is 0 Å². The van der Waals surface area contributed by atoms with Crippen LogP contribution in [0.25, 0.3) is 10.6 Å². The van der Waals surface area contributed by atoms with Gasteiger partial charge < -0.3 is 9.84 Å². The molecule has 0 spiro atoms. The van der Waals surface area contributed by atoms with Crippen LogP contribution < -0.4 is 5.32 Å². The first kappa shape index (κ1) is 20.8. The maximum absolute atomic E-state index is 12.2. The van der Waals surface area contributed by atoms with Crippen molar-refractivity contribution in [2.24, 2.45) is 0 Å². The van der Waals surface area contributed by atoms with Crippen LogP contribution in [0, 0.1) is 13.8 Å². The second-order valence-electron chi connectivity index (χ2n) is 6.79. The molecule has 0 atom stereocenters. The zero-order valence-electron chi connectivity index (χ0n) is 16.5. The fraction of sp³-hybridized carbons (Fsp3) is 0.238. The predicted molar refractivity (Wildman–Crippen MR) is 122 cm³/mol. The highest BCUT2D eigenvalue weighted by molar-refractivity contribution is 8.00. The van der Waals surface area contributed by atoms with Gasteiger partial charge in [0.15, 0.2) is 10.2 Å². The number of hydrogen-bond donors (Lipinski definition) is 1. The lowest BCUT2D eigenvalue weighted by molar-refractivity contribution is -0.116. The standard InChI is InChI=1S/C21H20N4O2S3/c1-13-8-14(2)10-15(9-13)22-19(26)5-6-20-24-18(25-27-20)12-30-21-23-16(11-29-21)17-4-3-7-28-17/h3-4,7-11H,5-6,12H2,1-2H3,(H,22,26). The van der Waals surface area contributed by atoms with Crippen molar-refractivity contribution < 1.29 is 9.32 Å². The Hall–Kier alpha value is -2.49. The molecule has 4 aromatic rings. The molecule has 3 aromatic heterocycles. The Balaban J connectivity index is 1.25. The first-order valence-electron chi connectivity index (χ1n) is 9.37. The summed E-state index contributed by atoms with van der Waals surface area (Å²) in [6.45, 7) is 4.02. The Morgan fingerprint density at radius 1 is 1.17 bits per heavy atom. The van der Waals surface area contributed by atoms with Crippen molar-refractivity contribution in [1.29, 1.82) is 0 Å². The summed E-state index contributed by atoms with van der Waals surface area (Å²) in [4.78, 5) is 22.4. The van der Waals surface area contributed by atoms with Crippen LogP contribution in [0.15, 0.2) is 50.0 Å². The number of hydrogen-bond acceptors (Lipinski definition) is 8. The van der Waals surface area contributed by atoms with Gasteiger partial charge in [-0.15, -0.1) is 22.7 Å². The molecule has 0 aliphatic rings. The number of thiophene rings is 1. The normalized spacial score (nSPS) is 11.0. The molecule has 0 fully saturated rings. The van der Waals surface area contributed by atoms with Gasteiger partial charge in [-0.05, 0) is 48.6 Å². The quantitative estimate of drug-likeness (QED) is 0.341. The molecule has 1 aromatic carbocycles. The molecule has 1 N–H and O–H groups in total. The van der Waals surface area contributed by atoms with Crippen molar-refractivity contribution in [3.05, 3.63) is 63.9 Å². The molecule has 0 unspecified atom stereocenters. The average molecular weight is 457 g/mol. The Morgan fingerprint density at radius 2 is 2.00 bits per heavy atom. The van der Waals surface area contributed by atoms with E-state index in [0.717, 1.165) is 26.8 Å². The summed E-state index contributed by atoms with van der Waals surface area (Å²) in [5.41, 5.74) is 4.05. The number of nitrogens with zero attached hydrogens (tertiary/aromatic N) is 3. The maximum atomic E-state index is 12.2. The molecule has 0 radical (unpaired) electrons. The summed E-state index contributed by atoms with van der Waals surface area (Å²) in [6.07, 6.45) is 0.701. The lowest BCUT2D eigenvalue weighted by Gasteiger charge is -2.06. The molecule has 6 nitrogen and oxygen atoms in total. The van der Waals surface area contributed by atoms with Crippen LogP contribution in [0.5, 0.6) is 0 Å². The summed E-state index contributed by atoms with van der Waals surface area (Å²) in [5, 5.41) is 11.0. The van der Waals surface area contributed by atoms with E-state index < -0.39 is 0 Å². The number of benzene rings is 1. The van der Waals surface area contributed by atoms with E-state index in [2.05, 4.69) is 38.0 Å². The van der Waals surface area contributed by atoms with Gasteiger partial charge in [-0.3, -0.25) is 4.79 Å². The van der Waals surface area contributed by atoms with Crippen LogP contribution in [-0.2, 0) is 17.0 Å². The summed E-state index contributed by atoms with van der Waals surface area (Å²) < 4.78 is 6.26. The molecule has 0 aliphatic carbocycles. The van der Waals surface area contributed by atoms with Crippen molar-refractivity contribution in [2.45, 2.75) is 36.8 Å². The van der Waals surface area contributed by atoms with Gasteiger partial charge in [0.25, 0.3) is 0 Å². The average Bonchev–Trinajstić information content (AvgIpc) is 3.45. The molecule has 154 valence electrons. The van der Waals surface area contributed by atoms with E-state index in [1.54, 1.807) is 34.4 Å². The number of amides is 1. The third-order valence-corrected chi connectivity index (χ3v) is 7.07. The number of thiazole rings is 1. The lowest BCUT2D eigenvalue weighted by Crippen LogP contribution is -2.12. The Labute approximate surface area is 186 Å². The molecule has 0 saturated heterocycles. The van der Waals surface area contributed by atoms with E-state index in [4.69, 9.17) is 4.52 Å². The SMILES string of the molecule is Cc1cc(C)cc(NC(=O)CCc2nc(CSc3nc(-c4cccs4)cs3)no2)c1. The number of anilines is 1. The van der Waals surface area contributed by atoms with Crippen LogP contribution in [0.1, 0.15) is 29.3 Å².